The molecular formula is C18H22F2N2O4. The predicted octanol–water partition coefficient (Wildman–Crippen LogP) is 2.80. The monoisotopic (exact) mass is 368 g/mol. The SMILES string of the molecule is CC(C(=O)Nc1ccc(OC(F)F)cc1)N1C[C@@H]2CCC[C@@]2(C(=O)O)C1. The summed E-state index contributed by atoms with van der Waals surface area (Å²) in [7, 11) is 0. The number of halogens is 2. The number of nitrogens with one attached hydrogen (secondary N) is 1. The molecule has 2 fully saturated rings. The highest BCUT2D eigenvalue weighted by atomic mass is 19.3. The maximum Gasteiger partial charge on any atom is 0.387 e. The largest absolute Gasteiger partial charge is 0.481 e. The van der Waals surface area contributed by atoms with E-state index in [1.165, 1.54) is 24.3 Å². The van der Waals surface area contributed by atoms with Crippen LogP contribution >= 0.6 is 0 Å². The Balaban J connectivity index is 1.61. The van der Waals surface area contributed by atoms with Crippen molar-refractivity contribution in [2.45, 2.75) is 38.8 Å². The van der Waals surface area contributed by atoms with E-state index in [-0.39, 0.29) is 17.6 Å². The Bertz CT molecular complexity index is 682. The number of amides is 1. The predicted molar refractivity (Wildman–Crippen MR) is 90.1 cm³/mol. The van der Waals surface area contributed by atoms with Gasteiger partial charge in [-0.3, -0.25) is 14.5 Å². The molecule has 3 atom stereocenters. The molecular weight excluding hydrogens is 346 g/mol. The smallest absolute Gasteiger partial charge is 0.387 e. The summed E-state index contributed by atoms with van der Waals surface area (Å²) in [4.78, 5) is 26.2. The van der Waals surface area contributed by atoms with Crippen molar-refractivity contribution in [2.75, 3.05) is 18.4 Å². The zero-order chi connectivity index (χ0) is 18.9. The summed E-state index contributed by atoms with van der Waals surface area (Å²) in [5, 5.41) is 12.4. The zero-order valence-electron chi connectivity index (χ0n) is 14.5. The molecule has 2 N–H and O–H groups in total. The summed E-state index contributed by atoms with van der Waals surface area (Å²) in [6.45, 7) is -0.169. The fraction of sp³-hybridized carbons (Fsp3) is 0.556. The quantitative estimate of drug-likeness (QED) is 0.807. The fourth-order valence-corrected chi connectivity index (χ4v) is 4.11. The number of carboxylic acids is 1. The van der Waals surface area contributed by atoms with Crippen LogP contribution in [-0.4, -0.2) is 47.6 Å². The molecule has 6 nitrogen and oxygen atoms in total. The van der Waals surface area contributed by atoms with Crippen molar-refractivity contribution in [1.29, 1.82) is 0 Å². The van der Waals surface area contributed by atoms with Gasteiger partial charge in [-0.2, -0.15) is 8.78 Å². The number of hydrogen-bond acceptors (Lipinski definition) is 4. The Labute approximate surface area is 150 Å². The van der Waals surface area contributed by atoms with Crippen LogP contribution in [0.25, 0.3) is 0 Å². The van der Waals surface area contributed by atoms with Gasteiger partial charge in [-0.15, -0.1) is 0 Å². The molecule has 142 valence electrons. The van der Waals surface area contributed by atoms with Crippen molar-refractivity contribution in [3.05, 3.63) is 24.3 Å². The Morgan fingerprint density at radius 1 is 1.35 bits per heavy atom. The molecule has 0 aromatic heterocycles. The molecule has 2 aliphatic rings. The van der Waals surface area contributed by atoms with Gasteiger partial charge in [-0.25, -0.2) is 0 Å². The lowest BCUT2D eigenvalue weighted by Gasteiger charge is -2.26. The molecule has 26 heavy (non-hydrogen) atoms. The molecule has 0 spiro atoms. The number of likely N-dealkylation sites (tertiary alicyclic amines) is 1. The molecule has 1 aromatic rings. The molecule has 0 bridgehead atoms. The number of carbonyl (C=O) groups is 2. The van der Waals surface area contributed by atoms with Gasteiger partial charge in [0, 0.05) is 18.8 Å². The third-order valence-corrected chi connectivity index (χ3v) is 5.60. The average Bonchev–Trinajstić information content (AvgIpc) is 3.13. The third kappa shape index (κ3) is 3.51. The van der Waals surface area contributed by atoms with Crippen LogP contribution in [-0.2, 0) is 9.59 Å². The number of ether oxygens (including phenoxy) is 1. The second-order valence-corrected chi connectivity index (χ2v) is 7.05. The lowest BCUT2D eigenvalue weighted by molar-refractivity contribution is -0.149. The van der Waals surface area contributed by atoms with Gasteiger partial charge in [-0.1, -0.05) is 6.42 Å². The standard InChI is InChI=1S/C18H22F2N2O4/c1-11(22-9-12-3-2-8-18(12,10-22)16(24)25)15(23)21-13-4-6-14(7-5-13)26-17(19)20/h4-7,11-12,17H,2-3,8-10H2,1H3,(H,21,23)(H,24,25)/t11?,12-,18+/m0/s1. The lowest BCUT2D eigenvalue weighted by Crippen LogP contribution is -2.43. The molecule has 1 aromatic carbocycles. The number of hydrogen-bond donors (Lipinski definition) is 2. The molecule has 0 radical (unpaired) electrons. The summed E-state index contributed by atoms with van der Waals surface area (Å²) in [6, 6.07) is 5.20. The van der Waals surface area contributed by atoms with Gasteiger partial charge in [-0.05, 0) is 49.9 Å². The first-order chi connectivity index (χ1) is 12.3. The maximum atomic E-state index is 12.5. The summed E-state index contributed by atoms with van der Waals surface area (Å²) in [5.41, 5.74) is -0.265. The van der Waals surface area contributed by atoms with Crippen molar-refractivity contribution >= 4 is 17.6 Å². The number of carboxylic acid groups (broad SMARTS) is 1. The van der Waals surface area contributed by atoms with Crippen molar-refractivity contribution in [1.82, 2.24) is 4.90 Å². The summed E-state index contributed by atoms with van der Waals surface area (Å²) < 4.78 is 28.6. The Morgan fingerprint density at radius 3 is 2.62 bits per heavy atom. The Kier molecular flexibility index (Phi) is 5.13. The van der Waals surface area contributed by atoms with Crippen LogP contribution in [0, 0.1) is 11.3 Å². The highest BCUT2D eigenvalue weighted by Crippen LogP contribution is 2.49. The van der Waals surface area contributed by atoms with Crippen molar-refractivity contribution in [3.63, 3.8) is 0 Å². The molecule has 1 saturated carbocycles. The molecule has 1 amide bonds. The van der Waals surface area contributed by atoms with Crippen LogP contribution in [0.4, 0.5) is 14.5 Å². The van der Waals surface area contributed by atoms with Crippen LogP contribution in [0.1, 0.15) is 26.2 Å². The minimum Gasteiger partial charge on any atom is -0.481 e. The van der Waals surface area contributed by atoms with Crippen LogP contribution < -0.4 is 10.1 Å². The number of carbonyl (C=O) groups excluding carboxylic acids is 1. The second-order valence-electron chi connectivity index (χ2n) is 7.05. The van der Waals surface area contributed by atoms with E-state index in [0.717, 1.165) is 12.8 Å². The summed E-state index contributed by atoms with van der Waals surface area (Å²) in [6.07, 6.45) is 2.45. The van der Waals surface area contributed by atoms with Gasteiger partial charge in [0.25, 0.3) is 0 Å². The summed E-state index contributed by atoms with van der Waals surface area (Å²) >= 11 is 0. The molecule has 1 saturated heterocycles. The van der Waals surface area contributed by atoms with E-state index in [2.05, 4.69) is 10.1 Å². The van der Waals surface area contributed by atoms with Gasteiger partial charge >= 0.3 is 12.6 Å². The maximum absolute atomic E-state index is 12.5. The Morgan fingerprint density at radius 2 is 2.04 bits per heavy atom. The molecule has 3 rings (SSSR count). The van der Waals surface area contributed by atoms with E-state index in [1.54, 1.807) is 6.92 Å². The first kappa shape index (κ1) is 18.6. The zero-order valence-corrected chi connectivity index (χ0v) is 14.5. The van der Waals surface area contributed by atoms with Gasteiger partial charge in [0.15, 0.2) is 0 Å². The van der Waals surface area contributed by atoms with E-state index >= 15 is 0 Å². The van der Waals surface area contributed by atoms with Crippen LogP contribution in [0.2, 0.25) is 0 Å². The second kappa shape index (κ2) is 7.19. The number of alkyl halides is 2. The molecule has 1 heterocycles. The normalized spacial score (nSPS) is 26.5. The van der Waals surface area contributed by atoms with E-state index in [1.807, 2.05) is 4.90 Å². The first-order valence-corrected chi connectivity index (χ1v) is 8.65. The number of nitrogens with zero attached hydrogens (tertiary/aromatic N) is 1. The number of rotatable bonds is 6. The van der Waals surface area contributed by atoms with Gasteiger partial charge in [0.2, 0.25) is 5.91 Å². The Hall–Kier alpha value is -2.22. The molecule has 1 unspecified atom stereocenters. The van der Waals surface area contributed by atoms with E-state index < -0.39 is 24.0 Å². The van der Waals surface area contributed by atoms with Crippen LogP contribution in [0.3, 0.4) is 0 Å². The first-order valence-electron chi connectivity index (χ1n) is 8.65. The molecule has 1 aliphatic heterocycles. The minimum atomic E-state index is -2.90. The number of aliphatic carboxylic acids is 1. The number of anilines is 1. The van der Waals surface area contributed by atoms with Gasteiger partial charge in [0.1, 0.15) is 5.75 Å². The van der Waals surface area contributed by atoms with Crippen molar-refractivity contribution < 1.29 is 28.2 Å². The lowest BCUT2D eigenvalue weighted by atomic mass is 9.81. The van der Waals surface area contributed by atoms with Crippen LogP contribution in [0.15, 0.2) is 24.3 Å². The average molecular weight is 368 g/mol. The van der Waals surface area contributed by atoms with Gasteiger partial charge in [0.05, 0.1) is 11.5 Å². The topological polar surface area (TPSA) is 78.9 Å². The minimum absolute atomic E-state index is 0.0156. The van der Waals surface area contributed by atoms with Crippen LogP contribution in [0.5, 0.6) is 5.75 Å². The van der Waals surface area contributed by atoms with E-state index in [0.29, 0.717) is 25.2 Å². The number of benzene rings is 1. The highest BCUT2D eigenvalue weighted by Gasteiger charge is 2.55. The third-order valence-electron chi connectivity index (χ3n) is 5.60. The molecule has 1 aliphatic carbocycles. The van der Waals surface area contributed by atoms with E-state index in [9.17, 15) is 23.5 Å². The molecule has 8 heteroatoms. The number of fused-ring (bicyclic) bond motifs is 1. The fourth-order valence-electron chi connectivity index (χ4n) is 4.11. The van der Waals surface area contributed by atoms with E-state index in [4.69, 9.17) is 0 Å². The highest BCUT2D eigenvalue weighted by molar-refractivity contribution is 5.94. The summed E-state index contributed by atoms with van der Waals surface area (Å²) in [5.74, 6) is -0.930. The van der Waals surface area contributed by atoms with Crippen molar-refractivity contribution in [2.24, 2.45) is 11.3 Å². The van der Waals surface area contributed by atoms with Crippen molar-refractivity contribution in [3.8, 4) is 5.75 Å². The van der Waals surface area contributed by atoms with Gasteiger partial charge < -0.3 is 15.2 Å².